The molecule has 0 radical (unpaired) electrons. The minimum Gasteiger partial charge on any atom is -0.323 e. The number of nitrogens with two attached hydrogens (primary N) is 1. The lowest BCUT2D eigenvalue weighted by atomic mass is 10.1. The number of pyridine rings is 1. The van der Waals surface area contributed by atoms with Crippen LogP contribution in [0.15, 0.2) is 53.9 Å². The summed E-state index contributed by atoms with van der Waals surface area (Å²) >= 11 is 14.6. The third kappa shape index (κ3) is 3.03. The molecule has 1 aliphatic heterocycles. The van der Waals surface area contributed by atoms with Crippen molar-refractivity contribution in [3.05, 3.63) is 70.4 Å². The normalized spacial score (nSPS) is 17.2. The highest BCUT2D eigenvalue weighted by Gasteiger charge is 2.36. The molecule has 0 aliphatic carbocycles. The Morgan fingerprint density at radius 3 is 2.69 bits per heavy atom. The van der Waals surface area contributed by atoms with Crippen LogP contribution in [0, 0.1) is 0 Å². The Kier molecular flexibility index (Phi) is 4.75. The molecule has 1 aromatic carbocycles. The third-order valence-electron chi connectivity index (χ3n) is 4.13. The van der Waals surface area contributed by atoms with Gasteiger partial charge in [-0.15, -0.1) is 0 Å². The van der Waals surface area contributed by atoms with Gasteiger partial charge in [0.05, 0.1) is 16.3 Å². The molecule has 2 aromatic heterocycles. The van der Waals surface area contributed by atoms with Crippen LogP contribution < -0.4 is 10.6 Å². The molecular formula is C18H15Cl2N5S. The molecule has 132 valence electrons. The van der Waals surface area contributed by atoms with Gasteiger partial charge in [0.2, 0.25) is 0 Å². The lowest BCUT2D eigenvalue weighted by Gasteiger charge is -2.27. The molecule has 0 saturated heterocycles. The Morgan fingerprint density at radius 2 is 1.96 bits per heavy atom. The number of rotatable bonds is 3. The average molecular weight is 404 g/mol. The van der Waals surface area contributed by atoms with E-state index < -0.39 is 0 Å². The first-order valence-corrected chi connectivity index (χ1v) is 9.61. The number of anilines is 2. The van der Waals surface area contributed by atoms with Crippen LogP contribution in [0.4, 0.5) is 11.5 Å². The predicted molar refractivity (Wildman–Crippen MR) is 106 cm³/mol. The van der Waals surface area contributed by atoms with Gasteiger partial charge in [0.25, 0.3) is 0 Å². The maximum Gasteiger partial charge on any atom is 0.137 e. The van der Waals surface area contributed by atoms with Crippen molar-refractivity contribution in [2.24, 2.45) is 5.73 Å². The molecule has 3 aromatic rings. The van der Waals surface area contributed by atoms with Gasteiger partial charge in [-0.05, 0) is 25.1 Å². The maximum absolute atomic E-state index is 6.49. The number of nitrogens with zero attached hydrogens (tertiary/aromatic N) is 4. The quantitative estimate of drug-likeness (QED) is 0.652. The van der Waals surface area contributed by atoms with Crippen molar-refractivity contribution >= 4 is 46.5 Å². The molecular weight excluding hydrogens is 389 g/mol. The van der Waals surface area contributed by atoms with E-state index in [4.69, 9.17) is 28.9 Å². The standard InChI is InChI=1S/C18H15Cl2N5S/c1-10(21)13-7-16(24-9-23-13)25-14-5-6-22-8-15(14)26-18(25)17-11(19)3-2-4-12(17)20/h2-10,18H,21H2,1H3/t10?,18-/m0/s1. The van der Waals surface area contributed by atoms with E-state index in [9.17, 15) is 0 Å². The largest absolute Gasteiger partial charge is 0.323 e. The first kappa shape index (κ1) is 17.5. The highest BCUT2D eigenvalue weighted by atomic mass is 35.5. The Labute approximate surface area is 165 Å². The van der Waals surface area contributed by atoms with E-state index in [1.807, 2.05) is 43.5 Å². The summed E-state index contributed by atoms with van der Waals surface area (Å²) in [5.74, 6) is 0.741. The molecule has 2 atom stereocenters. The number of aromatic nitrogens is 3. The number of benzene rings is 1. The Bertz CT molecular complexity index is 946. The highest BCUT2D eigenvalue weighted by Crippen LogP contribution is 2.56. The number of hydrogen-bond donors (Lipinski definition) is 1. The van der Waals surface area contributed by atoms with Crippen LogP contribution in [0.3, 0.4) is 0 Å². The molecule has 0 spiro atoms. The van der Waals surface area contributed by atoms with Gasteiger partial charge in [0, 0.05) is 40.1 Å². The van der Waals surface area contributed by atoms with Crippen LogP contribution in [-0.2, 0) is 0 Å². The van der Waals surface area contributed by atoms with E-state index in [0.29, 0.717) is 10.0 Å². The lowest BCUT2D eigenvalue weighted by molar-refractivity contribution is 0.770. The van der Waals surface area contributed by atoms with E-state index in [1.165, 1.54) is 6.33 Å². The number of hydrogen-bond acceptors (Lipinski definition) is 6. The molecule has 8 heteroatoms. The van der Waals surface area contributed by atoms with Gasteiger partial charge in [-0.25, -0.2) is 9.97 Å². The zero-order chi connectivity index (χ0) is 18.3. The maximum atomic E-state index is 6.49. The zero-order valence-electron chi connectivity index (χ0n) is 13.8. The summed E-state index contributed by atoms with van der Waals surface area (Å²) in [6.45, 7) is 1.89. The molecule has 0 fully saturated rings. The monoisotopic (exact) mass is 403 g/mol. The summed E-state index contributed by atoms with van der Waals surface area (Å²) in [6.07, 6.45) is 5.13. The number of halogens is 2. The molecule has 1 aliphatic rings. The minimum atomic E-state index is -0.189. The smallest absolute Gasteiger partial charge is 0.137 e. The van der Waals surface area contributed by atoms with Crippen molar-refractivity contribution in [3.63, 3.8) is 0 Å². The Balaban J connectivity index is 1.89. The van der Waals surface area contributed by atoms with Gasteiger partial charge in [0.1, 0.15) is 17.5 Å². The van der Waals surface area contributed by atoms with Crippen LogP contribution in [0.2, 0.25) is 10.0 Å². The molecule has 4 rings (SSSR count). The summed E-state index contributed by atoms with van der Waals surface area (Å²) in [5.41, 5.74) is 8.62. The fraction of sp³-hybridized carbons (Fsp3) is 0.167. The second-order valence-corrected chi connectivity index (χ2v) is 7.85. The fourth-order valence-corrected chi connectivity index (χ4v) is 4.96. The van der Waals surface area contributed by atoms with Gasteiger partial charge >= 0.3 is 0 Å². The van der Waals surface area contributed by atoms with Gasteiger partial charge in [-0.1, -0.05) is 41.0 Å². The second kappa shape index (κ2) is 7.04. The molecule has 5 nitrogen and oxygen atoms in total. The summed E-state index contributed by atoms with van der Waals surface area (Å²) in [5, 5.41) is 1.07. The molecule has 1 unspecified atom stereocenters. The summed E-state index contributed by atoms with van der Waals surface area (Å²) in [6, 6.07) is 9.20. The van der Waals surface area contributed by atoms with E-state index in [-0.39, 0.29) is 11.4 Å². The zero-order valence-corrected chi connectivity index (χ0v) is 16.1. The van der Waals surface area contributed by atoms with Gasteiger partial charge in [-0.3, -0.25) is 4.98 Å². The van der Waals surface area contributed by atoms with Crippen LogP contribution in [-0.4, -0.2) is 15.0 Å². The molecule has 0 saturated carbocycles. The SMILES string of the molecule is CC(N)c1cc(N2c3ccncc3S[C@H]2c2c(Cl)cccc2Cl)ncn1. The van der Waals surface area contributed by atoms with Crippen LogP contribution in [0.1, 0.15) is 29.6 Å². The summed E-state index contributed by atoms with van der Waals surface area (Å²) < 4.78 is 0. The molecule has 0 bridgehead atoms. The molecule has 0 amide bonds. The number of fused-ring (bicyclic) bond motifs is 1. The predicted octanol–water partition coefficient (Wildman–Crippen LogP) is 5.14. The first-order valence-electron chi connectivity index (χ1n) is 7.97. The first-order chi connectivity index (χ1) is 12.6. The number of thioether (sulfide) groups is 1. The Hall–Kier alpha value is -1.86. The van der Waals surface area contributed by atoms with Crippen molar-refractivity contribution in [1.82, 2.24) is 15.0 Å². The van der Waals surface area contributed by atoms with Crippen molar-refractivity contribution in [3.8, 4) is 0 Å². The van der Waals surface area contributed by atoms with E-state index >= 15 is 0 Å². The van der Waals surface area contributed by atoms with Crippen LogP contribution in [0.5, 0.6) is 0 Å². The van der Waals surface area contributed by atoms with Gasteiger partial charge in [-0.2, -0.15) is 0 Å². The summed E-state index contributed by atoms with van der Waals surface area (Å²) in [4.78, 5) is 16.1. The summed E-state index contributed by atoms with van der Waals surface area (Å²) in [7, 11) is 0. The van der Waals surface area contributed by atoms with Gasteiger partial charge < -0.3 is 10.6 Å². The minimum absolute atomic E-state index is 0.161. The Morgan fingerprint density at radius 1 is 1.19 bits per heavy atom. The van der Waals surface area contributed by atoms with Crippen LogP contribution >= 0.6 is 35.0 Å². The third-order valence-corrected chi connectivity index (χ3v) is 6.03. The van der Waals surface area contributed by atoms with E-state index in [2.05, 4.69) is 19.9 Å². The van der Waals surface area contributed by atoms with Gasteiger partial charge in [0.15, 0.2) is 0 Å². The highest BCUT2D eigenvalue weighted by molar-refractivity contribution is 8.00. The second-order valence-electron chi connectivity index (χ2n) is 5.91. The van der Waals surface area contributed by atoms with Crippen molar-refractivity contribution < 1.29 is 0 Å². The van der Waals surface area contributed by atoms with E-state index in [0.717, 1.165) is 27.7 Å². The molecule has 3 heterocycles. The molecule has 2 N–H and O–H groups in total. The lowest BCUT2D eigenvalue weighted by Crippen LogP contribution is -2.20. The molecule has 26 heavy (non-hydrogen) atoms. The fourth-order valence-electron chi connectivity index (χ4n) is 2.88. The topological polar surface area (TPSA) is 67.9 Å². The average Bonchev–Trinajstić information content (AvgIpc) is 3.00. The van der Waals surface area contributed by atoms with Crippen LogP contribution in [0.25, 0.3) is 0 Å². The van der Waals surface area contributed by atoms with E-state index in [1.54, 1.807) is 18.0 Å². The van der Waals surface area contributed by atoms with Crippen molar-refractivity contribution in [2.75, 3.05) is 4.90 Å². The van der Waals surface area contributed by atoms with Crippen molar-refractivity contribution in [2.45, 2.75) is 23.2 Å². The van der Waals surface area contributed by atoms with Crippen molar-refractivity contribution in [1.29, 1.82) is 0 Å².